The maximum absolute atomic E-state index is 10.8. The van der Waals surface area contributed by atoms with Gasteiger partial charge in [-0.1, -0.05) is 12.1 Å². The molecule has 3 aromatic rings. The largest absolute Gasteiger partial charge is 0.504 e. The highest BCUT2D eigenvalue weighted by Crippen LogP contribution is 2.29. The number of phenols is 1. The van der Waals surface area contributed by atoms with Crippen LogP contribution in [0.4, 0.5) is 5.69 Å². The fourth-order valence-electron chi connectivity index (χ4n) is 2.08. The third-order valence-electron chi connectivity index (χ3n) is 3.22. The highest BCUT2D eigenvalue weighted by Gasteiger charge is 2.09. The molecule has 0 aliphatic carbocycles. The predicted octanol–water partition coefficient (Wildman–Crippen LogP) is 4.09. The third-order valence-corrected chi connectivity index (χ3v) is 4.22. The first-order valence-corrected chi connectivity index (χ1v) is 7.48. The summed E-state index contributed by atoms with van der Waals surface area (Å²) >= 11 is 1.45. The van der Waals surface area contributed by atoms with E-state index < -0.39 is 4.92 Å². The molecule has 0 radical (unpaired) electrons. The number of rotatable bonds is 4. The van der Waals surface area contributed by atoms with Crippen LogP contribution in [0.25, 0.3) is 22.4 Å². The van der Waals surface area contributed by atoms with Crippen molar-refractivity contribution >= 4 is 39.4 Å². The second-order valence-corrected chi connectivity index (χ2v) is 5.79. The van der Waals surface area contributed by atoms with Crippen molar-refractivity contribution in [3.63, 3.8) is 0 Å². The molecule has 0 saturated carbocycles. The zero-order valence-electron chi connectivity index (χ0n) is 12.1. The molecule has 23 heavy (non-hydrogen) atoms. The van der Waals surface area contributed by atoms with Gasteiger partial charge in [-0.05, 0) is 29.8 Å². The number of nitrogens with zero attached hydrogens (tertiary/aromatic N) is 2. The van der Waals surface area contributed by atoms with E-state index in [-0.39, 0.29) is 11.4 Å². The molecule has 0 spiro atoms. The summed E-state index contributed by atoms with van der Waals surface area (Å²) in [4.78, 5) is 14.7. The first-order valence-electron chi connectivity index (χ1n) is 6.67. The Kier molecular flexibility index (Phi) is 3.94. The number of thiazole rings is 1. The van der Waals surface area contributed by atoms with Gasteiger partial charge in [-0.25, -0.2) is 4.98 Å². The molecule has 0 aliphatic rings. The van der Waals surface area contributed by atoms with Crippen LogP contribution in [0, 0.1) is 10.1 Å². The average Bonchev–Trinajstić information content (AvgIpc) is 2.96. The summed E-state index contributed by atoms with van der Waals surface area (Å²) in [5, 5.41) is 21.1. The fourth-order valence-corrected chi connectivity index (χ4v) is 2.93. The number of hydrogen-bond acceptors (Lipinski definition) is 6. The van der Waals surface area contributed by atoms with Gasteiger partial charge in [-0.2, -0.15) is 0 Å². The van der Waals surface area contributed by atoms with Crippen LogP contribution in [0.1, 0.15) is 10.6 Å². The number of ether oxygens (including phenoxy) is 1. The lowest BCUT2D eigenvalue weighted by atomic mass is 10.2. The van der Waals surface area contributed by atoms with Crippen molar-refractivity contribution in [2.75, 3.05) is 7.11 Å². The number of non-ortho nitro benzene ring substituents is 1. The Morgan fingerprint density at radius 1 is 1.26 bits per heavy atom. The van der Waals surface area contributed by atoms with Crippen molar-refractivity contribution in [3.8, 4) is 11.5 Å². The standard InChI is InChI=1S/C16H12N2O4S/c1-22-14-8-10(2-5-13(14)19)3-7-16-17-12-9-11(18(20)21)4-6-15(12)23-16/h2-9,19H,1H3. The van der Waals surface area contributed by atoms with Gasteiger partial charge in [-0.3, -0.25) is 10.1 Å². The Morgan fingerprint density at radius 2 is 2.09 bits per heavy atom. The van der Waals surface area contributed by atoms with E-state index in [4.69, 9.17) is 4.74 Å². The topological polar surface area (TPSA) is 85.5 Å². The first kappa shape index (κ1) is 15.0. The monoisotopic (exact) mass is 328 g/mol. The zero-order valence-corrected chi connectivity index (χ0v) is 12.9. The molecule has 0 unspecified atom stereocenters. The summed E-state index contributed by atoms with van der Waals surface area (Å²) < 4.78 is 5.95. The van der Waals surface area contributed by atoms with Gasteiger partial charge in [0, 0.05) is 12.1 Å². The maximum atomic E-state index is 10.8. The van der Waals surface area contributed by atoms with Crippen LogP contribution in [0.5, 0.6) is 11.5 Å². The summed E-state index contributed by atoms with van der Waals surface area (Å²) in [5.74, 6) is 0.476. The van der Waals surface area contributed by atoms with Crippen molar-refractivity contribution < 1.29 is 14.8 Å². The summed E-state index contributed by atoms with van der Waals surface area (Å²) in [7, 11) is 1.49. The van der Waals surface area contributed by atoms with E-state index >= 15 is 0 Å². The molecule has 6 nitrogen and oxygen atoms in total. The van der Waals surface area contributed by atoms with E-state index in [1.165, 1.54) is 30.6 Å². The van der Waals surface area contributed by atoms with Crippen molar-refractivity contribution in [1.82, 2.24) is 4.98 Å². The third kappa shape index (κ3) is 3.14. The van der Waals surface area contributed by atoms with Gasteiger partial charge in [0.1, 0.15) is 5.01 Å². The molecule has 0 amide bonds. The molecule has 0 bridgehead atoms. The molecule has 0 fully saturated rings. The van der Waals surface area contributed by atoms with Crippen LogP contribution in [-0.2, 0) is 0 Å². The molecule has 0 atom stereocenters. The number of aromatic nitrogens is 1. The molecular weight excluding hydrogens is 316 g/mol. The van der Waals surface area contributed by atoms with Crippen LogP contribution in [0.15, 0.2) is 36.4 Å². The number of nitro groups is 1. The number of aromatic hydroxyl groups is 1. The molecule has 0 aliphatic heterocycles. The van der Waals surface area contributed by atoms with E-state index in [0.717, 1.165) is 15.3 Å². The molecular formula is C16H12N2O4S. The average molecular weight is 328 g/mol. The lowest BCUT2D eigenvalue weighted by Crippen LogP contribution is -1.86. The number of hydrogen-bond donors (Lipinski definition) is 1. The van der Waals surface area contributed by atoms with Gasteiger partial charge >= 0.3 is 0 Å². The molecule has 7 heteroatoms. The normalized spacial score (nSPS) is 11.2. The van der Waals surface area contributed by atoms with Gasteiger partial charge in [0.15, 0.2) is 11.5 Å². The highest BCUT2D eigenvalue weighted by molar-refractivity contribution is 7.19. The minimum absolute atomic E-state index is 0.0293. The minimum Gasteiger partial charge on any atom is -0.504 e. The Morgan fingerprint density at radius 3 is 2.83 bits per heavy atom. The molecule has 2 aromatic carbocycles. The number of phenolic OH excluding ortho intramolecular Hbond substituents is 1. The van der Waals surface area contributed by atoms with E-state index in [1.54, 1.807) is 24.3 Å². The number of benzene rings is 2. The molecule has 3 rings (SSSR count). The Hall–Kier alpha value is -2.93. The molecule has 1 N–H and O–H groups in total. The van der Waals surface area contributed by atoms with Crippen LogP contribution in [-0.4, -0.2) is 22.1 Å². The van der Waals surface area contributed by atoms with E-state index in [0.29, 0.717) is 11.3 Å². The lowest BCUT2D eigenvalue weighted by molar-refractivity contribution is -0.384. The van der Waals surface area contributed by atoms with Gasteiger partial charge in [-0.15, -0.1) is 11.3 Å². The lowest BCUT2D eigenvalue weighted by Gasteiger charge is -2.03. The van der Waals surface area contributed by atoms with Crippen molar-refractivity contribution in [1.29, 1.82) is 0 Å². The summed E-state index contributed by atoms with van der Waals surface area (Å²) in [6.07, 6.45) is 3.66. The second kappa shape index (κ2) is 6.05. The number of fused-ring (bicyclic) bond motifs is 1. The zero-order chi connectivity index (χ0) is 16.4. The first-order chi connectivity index (χ1) is 11.1. The highest BCUT2D eigenvalue weighted by atomic mass is 32.1. The SMILES string of the molecule is COc1cc(C=Cc2nc3cc([N+](=O)[O-])ccc3s2)ccc1O. The van der Waals surface area contributed by atoms with Gasteiger partial charge in [0.05, 0.1) is 22.2 Å². The van der Waals surface area contributed by atoms with Crippen LogP contribution >= 0.6 is 11.3 Å². The molecule has 1 heterocycles. The maximum Gasteiger partial charge on any atom is 0.271 e. The van der Waals surface area contributed by atoms with Crippen LogP contribution in [0.2, 0.25) is 0 Å². The number of nitro benzene ring substituents is 1. The molecule has 116 valence electrons. The summed E-state index contributed by atoms with van der Waals surface area (Å²) in [6.45, 7) is 0. The smallest absolute Gasteiger partial charge is 0.271 e. The van der Waals surface area contributed by atoms with Gasteiger partial charge in [0.25, 0.3) is 5.69 Å². The van der Waals surface area contributed by atoms with Crippen LogP contribution < -0.4 is 4.74 Å². The summed E-state index contributed by atoms with van der Waals surface area (Å²) in [5.41, 5.74) is 1.48. The molecule has 1 aromatic heterocycles. The fraction of sp³-hybridized carbons (Fsp3) is 0.0625. The quantitative estimate of drug-likeness (QED) is 0.576. The van der Waals surface area contributed by atoms with E-state index in [9.17, 15) is 15.2 Å². The van der Waals surface area contributed by atoms with Crippen molar-refractivity contribution in [2.45, 2.75) is 0 Å². The molecule has 0 saturated heterocycles. The Bertz CT molecular complexity index is 918. The van der Waals surface area contributed by atoms with Crippen molar-refractivity contribution in [2.24, 2.45) is 0 Å². The van der Waals surface area contributed by atoms with Gasteiger partial charge < -0.3 is 9.84 Å². The van der Waals surface area contributed by atoms with Crippen LogP contribution in [0.3, 0.4) is 0 Å². The minimum atomic E-state index is -0.434. The Labute approximate surface area is 135 Å². The summed E-state index contributed by atoms with van der Waals surface area (Å²) in [6, 6.07) is 9.66. The predicted molar refractivity (Wildman–Crippen MR) is 89.9 cm³/mol. The Balaban J connectivity index is 1.90. The van der Waals surface area contributed by atoms with E-state index in [1.807, 2.05) is 12.2 Å². The van der Waals surface area contributed by atoms with Gasteiger partial charge in [0.2, 0.25) is 0 Å². The number of methoxy groups -OCH3 is 1. The second-order valence-electron chi connectivity index (χ2n) is 4.73. The van der Waals surface area contributed by atoms with E-state index in [2.05, 4.69) is 4.98 Å². The van der Waals surface area contributed by atoms with Crippen molar-refractivity contribution in [3.05, 3.63) is 57.1 Å².